The molecule has 0 saturated heterocycles. The predicted octanol–water partition coefficient (Wildman–Crippen LogP) is 4.03. The van der Waals surface area contributed by atoms with Crippen molar-refractivity contribution in [2.24, 2.45) is 5.10 Å². The molecule has 3 aromatic carbocycles. The van der Waals surface area contributed by atoms with Gasteiger partial charge in [0.15, 0.2) is 6.61 Å². The first kappa shape index (κ1) is 25.2. The first-order chi connectivity index (χ1) is 16.7. The van der Waals surface area contributed by atoms with Crippen LogP contribution in [-0.2, 0) is 14.4 Å². The molecule has 3 aromatic rings. The molecule has 0 aromatic heterocycles. The van der Waals surface area contributed by atoms with Crippen LogP contribution in [0.5, 0.6) is 5.75 Å². The number of nitrogens with zero attached hydrogens (tertiary/aromatic N) is 1. The topological polar surface area (TPSA) is 109 Å². The summed E-state index contributed by atoms with van der Waals surface area (Å²) in [5, 5.41) is 9.28. The van der Waals surface area contributed by atoms with Crippen molar-refractivity contribution < 1.29 is 19.1 Å². The average Bonchev–Trinajstić information content (AvgIpc) is 2.82. The molecule has 0 heterocycles. The SMILES string of the molecule is Cc1cc(C)c(NC(=O)COc2ccccc2/C=N\NC(=O)C(=O)Nc2ccccc2C)c(C)c1. The third kappa shape index (κ3) is 7.01. The van der Waals surface area contributed by atoms with E-state index >= 15 is 0 Å². The number of hydrazone groups is 1. The molecular weight excluding hydrogens is 444 g/mol. The zero-order chi connectivity index (χ0) is 25.4. The summed E-state index contributed by atoms with van der Waals surface area (Å²) >= 11 is 0. The van der Waals surface area contributed by atoms with Crippen molar-refractivity contribution in [1.29, 1.82) is 0 Å². The maximum absolute atomic E-state index is 12.5. The summed E-state index contributed by atoms with van der Waals surface area (Å²) in [6.45, 7) is 7.51. The van der Waals surface area contributed by atoms with Crippen LogP contribution >= 0.6 is 0 Å². The van der Waals surface area contributed by atoms with E-state index in [2.05, 4.69) is 21.2 Å². The van der Waals surface area contributed by atoms with Gasteiger partial charge in [-0.1, -0.05) is 48.0 Å². The Kier molecular flexibility index (Phi) is 8.34. The van der Waals surface area contributed by atoms with E-state index in [1.54, 1.807) is 36.4 Å². The van der Waals surface area contributed by atoms with Crippen molar-refractivity contribution in [3.8, 4) is 5.75 Å². The molecule has 180 valence electrons. The van der Waals surface area contributed by atoms with Gasteiger partial charge in [-0.3, -0.25) is 14.4 Å². The summed E-state index contributed by atoms with van der Waals surface area (Å²) in [6, 6.07) is 18.1. The first-order valence-corrected chi connectivity index (χ1v) is 11.0. The minimum atomic E-state index is -0.911. The lowest BCUT2D eigenvalue weighted by atomic mass is 10.1. The molecule has 3 rings (SSSR count). The zero-order valence-electron chi connectivity index (χ0n) is 20.1. The number of anilines is 2. The second-order valence-electron chi connectivity index (χ2n) is 8.12. The van der Waals surface area contributed by atoms with Gasteiger partial charge in [0, 0.05) is 16.9 Å². The molecule has 0 aliphatic carbocycles. The number of hydrogen-bond acceptors (Lipinski definition) is 5. The molecule has 3 amide bonds. The lowest BCUT2D eigenvalue weighted by Gasteiger charge is -2.14. The maximum Gasteiger partial charge on any atom is 0.329 e. The molecular formula is C27H28N4O4. The first-order valence-electron chi connectivity index (χ1n) is 11.0. The van der Waals surface area contributed by atoms with Gasteiger partial charge in [0.25, 0.3) is 5.91 Å². The van der Waals surface area contributed by atoms with Crippen LogP contribution in [0.25, 0.3) is 0 Å². The van der Waals surface area contributed by atoms with Crippen LogP contribution in [0.3, 0.4) is 0 Å². The van der Waals surface area contributed by atoms with Gasteiger partial charge in [-0.2, -0.15) is 5.10 Å². The molecule has 0 saturated carbocycles. The highest BCUT2D eigenvalue weighted by atomic mass is 16.5. The van der Waals surface area contributed by atoms with Crippen molar-refractivity contribution in [2.45, 2.75) is 27.7 Å². The molecule has 0 aliphatic heterocycles. The Balaban J connectivity index is 1.57. The van der Waals surface area contributed by atoms with Gasteiger partial charge in [0.1, 0.15) is 5.75 Å². The van der Waals surface area contributed by atoms with Crippen LogP contribution in [0.4, 0.5) is 11.4 Å². The number of hydrogen-bond donors (Lipinski definition) is 3. The average molecular weight is 473 g/mol. The monoisotopic (exact) mass is 472 g/mol. The summed E-state index contributed by atoms with van der Waals surface area (Å²) < 4.78 is 5.68. The van der Waals surface area contributed by atoms with E-state index in [1.807, 2.05) is 52.0 Å². The van der Waals surface area contributed by atoms with Gasteiger partial charge in [-0.15, -0.1) is 0 Å². The summed E-state index contributed by atoms with van der Waals surface area (Å²) in [7, 11) is 0. The molecule has 0 bridgehead atoms. The normalized spacial score (nSPS) is 10.6. The van der Waals surface area contributed by atoms with E-state index in [4.69, 9.17) is 4.74 Å². The molecule has 0 radical (unpaired) electrons. The van der Waals surface area contributed by atoms with Crippen LogP contribution in [0, 0.1) is 27.7 Å². The van der Waals surface area contributed by atoms with Gasteiger partial charge in [-0.05, 0) is 62.6 Å². The molecule has 8 heteroatoms. The van der Waals surface area contributed by atoms with Crippen LogP contribution < -0.4 is 20.8 Å². The Morgan fingerprint density at radius 2 is 1.49 bits per heavy atom. The lowest BCUT2D eigenvalue weighted by Crippen LogP contribution is -2.32. The standard InChI is InChI=1S/C27H28N4O4/c1-17-13-19(3)25(20(4)14-17)30-24(32)16-35-23-12-8-6-10-21(23)15-28-31-27(34)26(33)29-22-11-7-5-9-18(22)2/h5-15H,16H2,1-4H3,(H,29,33)(H,30,32)(H,31,34)/b28-15-. The second kappa shape index (κ2) is 11.6. The summed E-state index contributed by atoms with van der Waals surface area (Å²) in [5.74, 6) is -1.64. The molecule has 8 nitrogen and oxygen atoms in total. The molecule has 0 unspecified atom stereocenters. The highest BCUT2D eigenvalue weighted by molar-refractivity contribution is 6.39. The highest BCUT2D eigenvalue weighted by Crippen LogP contribution is 2.22. The molecule has 0 aliphatic rings. The fourth-order valence-electron chi connectivity index (χ4n) is 3.52. The van der Waals surface area contributed by atoms with Crippen molar-refractivity contribution in [2.75, 3.05) is 17.2 Å². The fourth-order valence-corrected chi connectivity index (χ4v) is 3.52. The van der Waals surface area contributed by atoms with Crippen molar-refractivity contribution in [3.63, 3.8) is 0 Å². The van der Waals surface area contributed by atoms with Crippen LogP contribution in [0.2, 0.25) is 0 Å². The summed E-state index contributed by atoms with van der Waals surface area (Å²) in [4.78, 5) is 36.6. The third-order valence-corrected chi connectivity index (χ3v) is 5.19. The zero-order valence-corrected chi connectivity index (χ0v) is 20.1. The number of aryl methyl sites for hydroxylation is 4. The van der Waals surface area contributed by atoms with E-state index in [9.17, 15) is 14.4 Å². The smallest absolute Gasteiger partial charge is 0.329 e. The number of carbonyl (C=O) groups is 3. The van der Waals surface area contributed by atoms with Gasteiger partial charge in [0.05, 0.1) is 6.21 Å². The highest BCUT2D eigenvalue weighted by Gasteiger charge is 2.14. The number of benzene rings is 3. The van der Waals surface area contributed by atoms with Gasteiger partial charge < -0.3 is 15.4 Å². The largest absolute Gasteiger partial charge is 0.483 e. The Morgan fingerprint density at radius 1 is 0.829 bits per heavy atom. The third-order valence-electron chi connectivity index (χ3n) is 5.19. The van der Waals surface area contributed by atoms with E-state index < -0.39 is 11.8 Å². The van der Waals surface area contributed by atoms with Crippen molar-refractivity contribution >= 4 is 35.3 Å². The second-order valence-corrected chi connectivity index (χ2v) is 8.12. The van der Waals surface area contributed by atoms with E-state index in [-0.39, 0.29) is 12.5 Å². The van der Waals surface area contributed by atoms with E-state index in [1.165, 1.54) is 6.21 Å². The van der Waals surface area contributed by atoms with Gasteiger partial charge in [-0.25, -0.2) is 5.43 Å². The quantitative estimate of drug-likeness (QED) is 0.274. The molecule has 3 N–H and O–H groups in total. The molecule has 0 atom stereocenters. The van der Waals surface area contributed by atoms with E-state index in [0.29, 0.717) is 17.0 Å². The number of para-hydroxylation sites is 2. The summed E-state index contributed by atoms with van der Waals surface area (Å²) in [5.41, 5.74) is 7.96. The van der Waals surface area contributed by atoms with Crippen molar-refractivity contribution in [1.82, 2.24) is 5.43 Å². The molecule has 35 heavy (non-hydrogen) atoms. The van der Waals surface area contributed by atoms with Crippen LogP contribution in [0.1, 0.15) is 27.8 Å². The number of carbonyl (C=O) groups excluding carboxylic acids is 3. The fraction of sp³-hybridized carbons (Fsp3) is 0.185. The van der Waals surface area contributed by atoms with Crippen molar-refractivity contribution in [3.05, 3.63) is 88.5 Å². The maximum atomic E-state index is 12.5. The molecule has 0 fully saturated rings. The Morgan fingerprint density at radius 3 is 2.20 bits per heavy atom. The minimum absolute atomic E-state index is 0.206. The lowest BCUT2D eigenvalue weighted by molar-refractivity contribution is -0.136. The summed E-state index contributed by atoms with van der Waals surface area (Å²) in [6.07, 6.45) is 1.35. The minimum Gasteiger partial charge on any atom is -0.483 e. The Bertz CT molecular complexity index is 1260. The number of amides is 3. The van der Waals surface area contributed by atoms with E-state index in [0.717, 1.165) is 27.9 Å². The Labute approximate surface area is 204 Å². The number of nitrogens with one attached hydrogen (secondary N) is 3. The van der Waals surface area contributed by atoms with Gasteiger partial charge in [0.2, 0.25) is 0 Å². The molecule has 0 spiro atoms. The Hall–Kier alpha value is -4.46. The number of rotatable bonds is 7. The van der Waals surface area contributed by atoms with Crippen LogP contribution in [0.15, 0.2) is 65.8 Å². The van der Waals surface area contributed by atoms with Gasteiger partial charge >= 0.3 is 11.8 Å². The number of ether oxygens (including phenoxy) is 1. The van der Waals surface area contributed by atoms with Crippen LogP contribution in [-0.4, -0.2) is 30.5 Å². The predicted molar refractivity (Wildman–Crippen MR) is 137 cm³/mol.